The molecule has 1 heterocycles. The minimum Gasteiger partial charge on any atom is -0.475 e. The fourth-order valence-corrected chi connectivity index (χ4v) is 1.18. The zero-order chi connectivity index (χ0) is 9.68. The van der Waals surface area contributed by atoms with Crippen molar-refractivity contribution in [1.82, 2.24) is 9.97 Å². The molecule has 0 fully saturated rings. The van der Waals surface area contributed by atoms with Crippen molar-refractivity contribution in [3.05, 3.63) is 17.0 Å². The lowest BCUT2D eigenvalue weighted by Gasteiger charge is -2.06. The van der Waals surface area contributed by atoms with Gasteiger partial charge in [-0.1, -0.05) is 18.5 Å². The van der Waals surface area contributed by atoms with E-state index in [4.69, 9.17) is 22.1 Å². The topological polar surface area (TPSA) is 61.0 Å². The van der Waals surface area contributed by atoms with Gasteiger partial charge in [0, 0.05) is 6.54 Å². The minimum absolute atomic E-state index is 0.416. The normalized spacial score (nSPS) is 10.1. The van der Waals surface area contributed by atoms with Crippen LogP contribution in [0.5, 0.6) is 5.88 Å². The largest absolute Gasteiger partial charge is 0.475 e. The Morgan fingerprint density at radius 3 is 2.92 bits per heavy atom. The Morgan fingerprint density at radius 2 is 2.31 bits per heavy atom. The summed E-state index contributed by atoms with van der Waals surface area (Å²) < 4.78 is 5.22. The first-order valence-electron chi connectivity index (χ1n) is 4.11. The maximum atomic E-state index is 5.95. The first kappa shape index (κ1) is 10.2. The second-order valence-electron chi connectivity index (χ2n) is 2.43. The highest BCUT2D eigenvalue weighted by atomic mass is 35.5. The summed E-state index contributed by atoms with van der Waals surface area (Å²) in [6, 6.07) is 0. The maximum Gasteiger partial charge on any atom is 0.236 e. The van der Waals surface area contributed by atoms with Crippen molar-refractivity contribution in [2.24, 2.45) is 5.73 Å². The molecule has 5 heteroatoms. The van der Waals surface area contributed by atoms with Gasteiger partial charge in [0.25, 0.3) is 0 Å². The molecule has 0 aliphatic rings. The van der Waals surface area contributed by atoms with Crippen LogP contribution in [0.1, 0.15) is 12.6 Å². The van der Waals surface area contributed by atoms with Gasteiger partial charge in [0.2, 0.25) is 5.88 Å². The highest BCUT2D eigenvalue weighted by molar-refractivity contribution is 6.32. The molecule has 1 aromatic rings. The van der Waals surface area contributed by atoms with Gasteiger partial charge < -0.3 is 10.5 Å². The molecular weight excluding hydrogens is 190 g/mol. The van der Waals surface area contributed by atoms with Crippen molar-refractivity contribution in [3.8, 4) is 5.88 Å². The predicted octanol–water partition coefficient (Wildman–Crippen LogP) is 1.03. The van der Waals surface area contributed by atoms with Crippen LogP contribution in [0.4, 0.5) is 0 Å². The Labute approximate surface area is 82.1 Å². The number of rotatable bonds is 4. The zero-order valence-corrected chi connectivity index (χ0v) is 8.21. The lowest BCUT2D eigenvalue weighted by atomic mass is 10.3. The highest BCUT2D eigenvalue weighted by Crippen LogP contribution is 2.23. The van der Waals surface area contributed by atoms with Crippen molar-refractivity contribution in [2.75, 3.05) is 13.2 Å². The summed E-state index contributed by atoms with van der Waals surface area (Å²) in [6.07, 6.45) is 2.21. The second-order valence-corrected chi connectivity index (χ2v) is 2.81. The second kappa shape index (κ2) is 4.99. The number of nitrogens with two attached hydrogens (primary N) is 1. The molecule has 0 saturated heterocycles. The molecule has 0 saturated carbocycles. The van der Waals surface area contributed by atoms with Crippen LogP contribution < -0.4 is 10.5 Å². The first-order chi connectivity index (χ1) is 6.29. The zero-order valence-electron chi connectivity index (χ0n) is 7.46. The fraction of sp³-hybridized carbons (Fsp3) is 0.500. The summed E-state index contributed by atoms with van der Waals surface area (Å²) >= 11 is 5.95. The summed E-state index contributed by atoms with van der Waals surface area (Å²) in [5, 5.41) is 0.485. The summed E-state index contributed by atoms with van der Waals surface area (Å²) in [5.41, 5.74) is 6.08. The Kier molecular flexibility index (Phi) is 3.92. The van der Waals surface area contributed by atoms with Crippen LogP contribution in [-0.4, -0.2) is 23.1 Å². The number of halogens is 1. The van der Waals surface area contributed by atoms with Crippen LogP contribution in [0, 0.1) is 0 Å². The van der Waals surface area contributed by atoms with E-state index >= 15 is 0 Å². The minimum atomic E-state index is 0.416. The van der Waals surface area contributed by atoms with Gasteiger partial charge in [-0.3, -0.25) is 0 Å². The van der Waals surface area contributed by atoms with Crippen LogP contribution >= 0.6 is 11.6 Å². The van der Waals surface area contributed by atoms with E-state index in [1.165, 1.54) is 6.33 Å². The number of aromatic nitrogens is 2. The summed E-state index contributed by atoms with van der Waals surface area (Å²) in [7, 11) is 0. The van der Waals surface area contributed by atoms with Crippen molar-refractivity contribution in [2.45, 2.75) is 13.3 Å². The molecule has 0 aromatic carbocycles. The molecule has 72 valence electrons. The average Bonchev–Trinajstić information content (AvgIpc) is 2.16. The van der Waals surface area contributed by atoms with E-state index < -0.39 is 0 Å². The summed E-state index contributed by atoms with van der Waals surface area (Å²) in [6.45, 7) is 2.84. The van der Waals surface area contributed by atoms with Crippen LogP contribution in [0.25, 0.3) is 0 Å². The van der Waals surface area contributed by atoms with E-state index in [0.29, 0.717) is 24.1 Å². The molecule has 2 N–H and O–H groups in total. The van der Waals surface area contributed by atoms with Gasteiger partial charge in [0.05, 0.1) is 5.69 Å². The van der Waals surface area contributed by atoms with Gasteiger partial charge in [0.1, 0.15) is 18.0 Å². The third kappa shape index (κ3) is 2.54. The van der Waals surface area contributed by atoms with Crippen molar-refractivity contribution in [1.29, 1.82) is 0 Å². The van der Waals surface area contributed by atoms with Crippen molar-refractivity contribution >= 4 is 11.6 Å². The molecule has 0 aliphatic heterocycles. The molecule has 0 aliphatic carbocycles. The number of aryl methyl sites for hydroxylation is 1. The van der Waals surface area contributed by atoms with E-state index in [1.54, 1.807) is 0 Å². The molecule has 0 radical (unpaired) electrons. The monoisotopic (exact) mass is 201 g/mol. The lowest BCUT2D eigenvalue weighted by molar-refractivity contribution is 0.314. The van der Waals surface area contributed by atoms with Gasteiger partial charge in [-0.2, -0.15) is 0 Å². The molecule has 0 spiro atoms. The quantitative estimate of drug-likeness (QED) is 0.791. The van der Waals surface area contributed by atoms with Gasteiger partial charge in [-0.25, -0.2) is 9.97 Å². The molecule has 1 aromatic heterocycles. The smallest absolute Gasteiger partial charge is 0.236 e. The van der Waals surface area contributed by atoms with E-state index in [2.05, 4.69) is 9.97 Å². The van der Waals surface area contributed by atoms with Gasteiger partial charge in [-0.15, -0.1) is 0 Å². The summed E-state index contributed by atoms with van der Waals surface area (Å²) in [5.74, 6) is 0.416. The van der Waals surface area contributed by atoms with E-state index in [0.717, 1.165) is 12.1 Å². The van der Waals surface area contributed by atoms with Crippen molar-refractivity contribution in [3.63, 3.8) is 0 Å². The average molecular weight is 202 g/mol. The molecule has 0 atom stereocenters. The van der Waals surface area contributed by atoms with E-state index in [-0.39, 0.29) is 0 Å². The maximum absolute atomic E-state index is 5.95. The van der Waals surface area contributed by atoms with Crippen LogP contribution in [0.2, 0.25) is 5.02 Å². The summed E-state index contributed by atoms with van der Waals surface area (Å²) in [4.78, 5) is 7.91. The molecule has 13 heavy (non-hydrogen) atoms. The molecule has 4 nitrogen and oxygen atoms in total. The molecular formula is C8H12ClN3O. The molecule has 0 unspecified atom stereocenters. The Hall–Kier alpha value is -0.870. The SMILES string of the molecule is CCc1ncnc(OCCN)c1Cl. The number of ether oxygens (including phenoxy) is 1. The Balaban J connectivity index is 2.81. The van der Waals surface area contributed by atoms with Gasteiger partial charge in [0.15, 0.2) is 0 Å². The molecule has 0 bridgehead atoms. The predicted molar refractivity (Wildman–Crippen MR) is 51.0 cm³/mol. The lowest BCUT2D eigenvalue weighted by Crippen LogP contribution is -2.12. The van der Waals surface area contributed by atoms with Crippen LogP contribution in [0.3, 0.4) is 0 Å². The van der Waals surface area contributed by atoms with Crippen LogP contribution in [0.15, 0.2) is 6.33 Å². The van der Waals surface area contributed by atoms with Gasteiger partial charge >= 0.3 is 0 Å². The van der Waals surface area contributed by atoms with Crippen LogP contribution in [-0.2, 0) is 6.42 Å². The Morgan fingerprint density at radius 1 is 1.54 bits per heavy atom. The number of nitrogens with zero attached hydrogens (tertiary/aromatic N) is 2. The number of hydrogen-bond acceptors (Lipinski definition) is 4. The molecule has 0 amide bonds. The third-order valence-corrected chi connectivity index (χ3v) is 1.90. The fourth-order valence-electron chi connectivity index (χ4n) is 0.890. The van der Waals surface area contributed by atoms with E-state index in [1.807, 2.05) is 6.92 Å². The Bertz CT molecular complexity index is 280. The van der Waals surface area contributed by atoms with Crippen molar-refractivity contribution < 1.29 is 4.74 Å². The van der Waals surface area contributed by atoms with E-state index in [9.17, 15) is 0 Å². The molecule has 1 rings (SSSR count). The first-order valence-corrected chi connectivity index (χ1v) is 4.49. The number of hydrogen-bond donors (Lipinski definition) is 1. The van der Waals surface area contributed by atoms with Gasteiger partial charge in [-0.05, 0) is 6.42 Å². The highest BCUT2D eigenvalue weighted by Gasteiger charge is 2.07. The standard InChI is InChI=1S/C8H12ClN3O/c1-2-6-7(9)8(12-5-11-6)13-4-3-10/h5H,2-4,10H2,1H3. The third-order valence-electron chi connectivity index (χ3n) is 1.52.